The third-order valence-electron chi connectivity index (χ3n) is 2.81. The minimum Gasteiger partial charge on any atom is -0.366 e. The highest BCUT2D eigenvalue weighted by atomic mass is 16.1. The summed E-state index contributed by atoms with van der Waals surface area (Å²) in [7, 11) is 0. The largest absolute Gasteiger partial charge is 0.366 e. The summed E-state index contributed by atoms with van der Waals surface area (Å²) in [5.41, 5.74) is 8.24. The van der Waals surface area contributed by atoms with Gasteiger partial charge in [-0.2, -0.15) is 0 Å². The SMILES string of the molecule is CC1=CC=CC(C)(C(C(N)=O)=C(C)C)C1. The van der Waals surface area contributed by atoms with Gasteiger partial charge in [-0.3, -0.25) is 4.79 Å². The summed E-state index contributed by atoms with van der Waals surface area (Å²) in [6.45, 7) is 8.01. The van der Waals surface area contributed by atoms with Gasteiger partial charge in [0.25, 0.3) is 0 Å². The number of hydrogen-bond donors (Lipinski definition) is 1. The van der Waals surface area contributed by atoms with E-state index in [2.05, 4.69) is 26.0 Å². The molecule has 0 spiro atoms. The molecule has 1 aliphatic carbocycles. The van der Waals surface area contributed by atoms with Crippen LogP contribution in [0.4, 0.5) is 0 Å². The van der Waals surface area contributed by atoms with Crippen LogP contribution in [0.2, 0.25) is 0 Å². The van der Waals surface area contributed by atoms with E-state index in [-0.39, 0.29) is 11.3 Å². The fourth-order valence-corrected chi connectivity index (χ4v) is 2.39. The van der Waals surface area contributed by atoms with Crippen LogP contribution in [0.25, 0.3) is 0 Å². The zero-order valence-corrected chi connectivity index (χ0v) is 9.92. The lowest BCUT2D eigenvalue weighted by Crippen LogP contribution is -2.29. The number of carbonyl (C=O) groups is 1. The van der Waals surface area contributed by atoms with Crippen molar-refractivity contribution < 1.29 is 4.79 Å². The van der Waals surface area contributed by atoms with Crippen molar-refractivity contribution in [2.75, 3.05) is 0 Å². The van der Waals surface area contributed by atoms with E-state index in [1.165, 1.54) is 5.57 Å². The standard InChI is InChI=1S/C13H19NO/c1-9(2)11(12(14)15)13(4)7-5-6-10(3)8-13/h5-7H,8H2,1-4H3,(H2,14,15). The van der Waals surface area contributed by atoms with Gasteiger partial charge in [-0.15, -0.1) is 0 Å². The summed E-state index contributed by atoms with van der Waals surface area (Å²) in [6, 6.07) is 0. The van der Waals surface area contributed by atoms with Gasteiger partial charge in [0.1, 0.15) is 0 Å². The molecule has 1 rings (SSSR count). The second-order valence-electron chi connectivity index (χ2n) is 4.71. The highest BCUT2D eigenvalue weighted by Crippen LogP contribution is 2.39. The summed E-state index contributed by atoms with van der Waals surface area (Å²) in [6.07, 6.45) is 7.01. The Labute approximate surface area is 91.5 Å². The Morgan fingerprint density at radius 1 is 1.47 bits per heavy atom. The van der Waals surface area contributed by atoms with Gasteiger partial charge in [0.2, 0.25) is 5.91 Å². The van der Waals surface area contributed by atoms with Crippen LogP contribution in [-0.2, 0) is 4.79 Å². The molecule has 0 fully saturated rings. The van der Waals surface area contributed by atoms with Gasteiger partial charge in [-0.05, 0) is 27.2 Å². The van der Waals surface area contributed by atoms with Crippen LogP contribution in [0.15, 0.2) is 34.9 Å². The Hall–Kier alpha value is -1.31. The Morgan fingerprint density at radius 2 is 2.07 bits per heavy atom. The molecule has 0 aliphatic heterocycles. The predicted octanol–water partition coefficient (Wildman–Crippen LogP) is 2.72. The van der Waals surface area contributed by atoms with Crippen LogP contribution in [0.1, 0.15) is 34.1 Å². The fraction of sp³-hybridized carbons (Fsp3) is 0.462. The van der Waals surface area contributed by atoms with Crippen LogP contribution in [-0.4, -0.2) is 5.91 Å². The van der Waals surface area contributed by atoms with E-state index in [1.54, 1.807) is 0 Å². The zero-order chi connectivity index (χ0) is 11.6. The van der Waals surface area contributed by atoms with Gasteiger partial charge < -0.3 is 5.73 Å². The van der Waals surface area contributed by atoms with Crippen LogP contribution in [0, 0.1) is 5.41 Å². The lowest BCUT2D eigenvalue weighted by atomic mass is 9.73. The molecule has 0 aromatic rings. The molecule has 0 saturated carbocycles. The van der Waals surface area contributed by atoms with Crippen molar-refractivity contribution in [3.8, 4) is 0 Å². The molecular formula is C13H19NO. The molecular weight excluding hydrogens is 186 g/mol. The van der Waals surface area contributed by atoms with Crippen LogP contribution in [0.3, 0.4) is 0 Å². The van der Waals surface area contributed by atoms with Gasteiger partial charge in [-0.25, -0.2) is 0 Å². The van der Waals surface area contributed by atoms with E-state index >= 15 is 0 Å². The summed E-state index contributed by atoms with van der Waals surface area (Å²) in [5.74, 6) is -0.308. The molecule has 0 bridgehead atoms. The maximum Gasteiger partial charge on any atom is 0.245 e. The van der Waals surface area contributed by atoms with E-state index in [0.29, 0.717) is 0 Å². The average Bonchev–Trinajstić information content (AvgIpc) is 1.99. The summed E-state index contributed by atoms with van der Waals surface area (Å²) < 4.78 is 0. The quantitative estimate of drug-likeness (QED) is 0.692. The van der Waals surface area contributed by atoms with E-state index in [9.17, 15) is 4.79 Å². The van der Waals surface area contributed by atoms with Gasteiger partial charge >= 0.3 is 0 Å². The maximum atomic E-state index is 11.5. The first-order valence-electron chi connectivity index (χ1n) is 5.19. The topological polar surface area (TPSA) is 43.1 Å². The van der Waals surface area contributed by atoms with Crippen molar-refractivity contribution >= 4 is 5.91 Å². The van der Waals surface area contributed by atoms with Gasteiger partial charge in [0.05, 0.1) is 0 Å². The van der Waals surface area contributed by atoms with E-state index in [4.69, 9.17) is 5.73 Å². The fourth-order valence-electron chi connectivity index (χ4n) is 2.39. The number of amides is 1. The highest BCUT2D eigenvalue weighted by molar-refractivity contribution is 5.94. The molecule has 2 heteroatoms. The van der Waals surface area contributed by atoms with Crippen LogP contribution < -0.4 is 5.73 Å². The smallest absolute Gasteiger partial charge is 0.245 e. The molecule has 0 heterocycles. The Balaban J connectivity index is 3.17. The van der Waals surface area contributed by atoms with E-state index < -0.39 is 0 Å². The molecule has 0 radical (unpaired) electrons. The third kappa shape index (κ3) is 2.38. The number of hydrogen-bond acceptors (Lipinski definition) is 1. The maximum absolute atomic E-state index is 11.5. The number of allylic oxidation sites excluding steroid dienone is 5. The average molecular weight is 205 g/mol. The van der Waals surface area contributed by atoms with E-state index in [1.807, 2.05) is 19.9 Å². The molecule has 1 aliphatic rings. The van der Waals surface area contributed by atoms with E-state index in [0.717, 1.165) is 17.6 Å². The number of rotatable bonds is 2. The Bertz CT molecular complexity index is 370. The second-order valence-corrected chi connectivity index (χ2v) is 4.71. The lowest BCUT2D eigenvalue weighted by Gasteiger charge is -2.31. The normalized spacial score (nSPS) is 24.7. The van der Waals surface area contributed by atoms with Crippen molar-refractivity contribution in [2.45, 2.75) is 34.1 Å². The molecule has 82 valence electrons. The molecule has 1 atom stereocenters. The van der Waals surface area contributed by atoms with Crippen LogP contribution >= 0.6 is 0 Å². The number of nitrogens with two attached hydrogens (primary N) is 1. The van der Waals surface area contributed by atoms with Crippen molar-refractivity contribution in [3.05, 3.63) is 34.9 Å². The molecule has 1 amide bonds. The second kappa shape index (κ2) is 4.05. The number of primary amides is 1. The summed E-state index contributed by atoms with van der Waals surface area (Å²) in [4.78, 5) is 11.5. The van der Waals surface area contributed by atoms with Crippen molar-refractivity contribution in [1.29, 1.82) is 0 Å². The molecule has 0 aromatic heterocycles. The third-order valence-corrected chi connectivity index (χ3v) is 2.81. The van der Waals surface area contributed by atoms with Crippen molar-refractivity contribution in [3.63, 3.8) is 0 Å². The summed E-state index contributed by atoms with van der Waals surface area (Å²) in [5, 5.41) is 0. The number of carbonyl (C=O) groups excluding carboxylic acids is 1. The molecule has 2 nitrogen and oxygen atoms in total. The molecule has 0 aromatic carbocycles. The predicted molar refractivity (Wildman–Crippen MR) is 63.2 cm³/mol. The van der Waals surface area contributed by atoms with Gasteiger partial charge in [0.15, 0.2) is 0 Å². The highest BCUT2D eigenvalue weighted by Gasteiger charge is 2.31. The van der Waals surface area contributed by atoms with Crippen LogP contribution in [0.5, 0.6) is 0 Å². The first kappa shape index (κ1) is 11.8. The van der Waals surface area contributed by atoms with Gasteiger partial charge in [0, 0.05) is 11.0 Å². The minimum atomic E-state index is -0.308. The minimum absolute atomic E-state index is 0.233. The summed E-state index contributed by atoms with van der Waals surface area (Å²) >= 11 is 0. The molecule has 1 unspecified atom stereocenters. The molecule has 0 saturated heterocycles. The lowest BCUT2D eigenvalue weighted by molar-refractivity contribution is -0.115. The first-order valence-corrected chi connectivity index (χ1v) is 5.19. The van der Waals surface area contributed by atoms with Crippen molar-refractivity contribution in [2.24, 2.45) is 11.1 Å². The zero-order valence-electron chi connectivity index (χ0n) is 9.92. The monoisotopic (exact) mass is 205 g/mol. The Kier molecular flexibility index (Phi) is 3.18. The molecule has 15 heavy (non-hydrogen) atoms. The van der Waals surface area contributed by atoms with Crippen molar-refractivity contribution in [1.82, 2.24) is 0 Å². The Morgan fingerprint density at radius 3 is 2.47 bits per heavy atom. The molecule has 2 N–H and O–H groups in total. The first-order chi connectivity index (χ1) is 6.87. The van der Waals surface area contributed by atoms with Gasteiger partial charge in [-0.1, -0.05) is 36.3 Å².